The molecule has 2 aromatic rings. The van der Waals surface area contributed by atoms with Crippen LogP contribution in [0.5, 0.6) is 0 Å². The lowest BCUT2D eigenvalue weighted by molar-refractivity contribution is -0.155. The number of aromatic nitrogens is 3. The molecule has 0 unspecified atom stereocenters. The smallest absolute Gasteiger partial charge is 0.284 e. The van der Waals surface area contributed by atoms with Gasteiger partial charge in [0.15, 0.2) is 0 Å². The maximum atomic E-state index is 5.37. The van der Waals surface area contributed by atoms with E-state index < -0.39 is 6.29 Å². The standard InChI is InChI=1S/C11H15N3O3/c1-3-15-11(16-4-2)10-13-9(14-17-10)8-6-5-7-12-8/h5-7,11-12H,3-4H2,1-2H3. The molecular formula is C11H15N3O3. The monoisotopic (exact) mass is 237 g/mol. The Kier molecular flexibility index (Phi) is 3.89. The largest absolute Gasteiger partial charge is 0.359 e. The average molecular weight is 237 g/mol. The predicted molar refractivity (Wildman–Crippen MR) is 60.1 cm³/mol. The number of hydrogen-bond acceptors (Lipinski definition) is 5. The summed E-state index contributed by atoms with van der Waals surface area (Å²) < 4.78 is 15.9. The van der Waals surface area contributed by atoms with Crippen molar-refractivity contribution in [2.45, 2.75) is 20.1 Å². The molecule has 0 atom stereocenters. The molecule has 0 radical (unpaired) electrons. The molecule has 2 aromatic heterocycles. The molecule has 0 fully saturated rings. The number of hydrogen-bond donors (Lipinski definition) is 1. The van der Waals surface area contributed by atoms with Crippen LogP contribution >= 0.6 is 0 Å². The van der Waals surface area contributed by atoms with E-state index in [0.717, 1.165) is 5.69 Å². The summed E-state index contributed by atoms with van der Waals surface area (Å²) in [6, 6.07) is 3.74. The molecule has 0 aliphatic rings. The van der Waals surface area contributed by atoms with E-state index in [2.05, 4.69) is 15.1 Å². The fourth-order valence-electron chi connectivity index (χ4n) is 1.40. The second-order valence-corrected chi connectivity index (χ2v) is 3.28. The Hall–Kier alpha value is -1.66. The summed E-state index contributed by atoms with van der Waals surface area (Å²) >= 11 is 0. The van der Waals surface area contributed by atoms with Crippen LogP contribution in [-0.4, -0.2) is 28.3 Å². The van der Waals surface area contributed by atoms with Gasteiger partial charge in [-0.3, -0.25) is 0 Å². The van der Waals surface area contributed by atoms with E-state index in [9.17, 15) is 0 Å². The third kappa shape index (κ3) is 2.72. The Labute approximate surface area is 98.9 Å². The quantitative estimate of drug-likeness (QED) is 0.779. The molecular weight excluding hydrogens is 222 g/mol. The van der Waals surface area contributed by atoms with Crippen LogP contribution in [0.4, 0.5) is 0 Å². The fourth-order valence-corrected chi connectivity index (χ4v) is 1.40. The molecule has 0 saturated carbocycles. The van der Waals surface area contributed by atoms with Crippen molar-refractivity contribution in [3.63, 3.8) is 0 Å². The van der Waals surface area contributed by atoms with E-state index >= 15 is 0 Å². The lowest BCUT2D eigenvalue weighted by Crippen LogP contribution is -2.09. The van der Waals surface area contributed by atoms with E-state index in [1.165, 1.54) is 0 Å². The van der Waals surface area contributed by atoms with Crippen molar-refractivity contribution in [1.29, 1.82) is 0 Å². The van der Waals surface area contributed by atoms with Gasteiger partial charge in [0, 0.05) is 19.4 Å². The molecule has 92 valence electrons. The van der Waals surface area contributed by atoms with Gasteiger partial charge in [0.2, 0.25) is 12.1 Å². The summed E-state index contributed by atoms with van der Waals surface area (Å²) in [5, 5.41) is 3.87. The first-order valence-electron chi connectivity index (χ1n) is 5.55. The van der Waals surface area contributed by atoms with Gasteiger partial charge in [-0.25, -0.2) is 0 Å². The lowest BCUT2D eigenvalue weighted by Gasteiger charge is -2.11. The zero-order valence-electron chi connectivity index (χ0n) is 9.84. The van der Waals surface area contributed by atoms with E-state index in [4.69, 9.17) is 14.0 Å². The van der Waals surface area contributed by atoms with Crippen LogP contribution < -0.4 is 0 Å². The van der Waals surface area contributed by atoms with Crippen LogP contribution in [0.2, 0.25) is 0 Å². The number of nitrogens with one attached hydrogen (secondary N) is 1. The minimum atomic E-state index is -0.596. The molecule has 0 saturated heterocycles. The Bertz CT molecular complexity index is 433. The summed E-state index contributed by atoms with van der Waals surface area (Å²) in [7, 11) is 0. The SMILES string of the molecule is CCOC(OCC)c1nc(-c2ccc[nH]2)no1. The summed E-state index contributed by atoms with van der Waals surface area (Å²) in [5.41, 5.74) is 0.798. The van der Waals surface area contributed by atoms with Gasteiger partial charge in [-0.15, -0.1) is 0 Å². The average Bonchev–Trinajstić information content (AvgIpc) is 2.99. The molecule has 2 rings (SSSR count). The fraction of sp³-hybridized carbons (Fsp3) is 0.455. The Balaban J connectivity index is 2.15. The third-order valence-corrected chi connectivity index (χ3v) is 2.12. The lowest BCUT2D eigenvalue weighted by atomic mass is 10.4. The van der Waals surface area contributed by atoms with Crippen molar-refractivity contribution in [3.8, 4) is 11.5 Å². The number of ether oxygens (including phenoxy) is 2. The maximum absolute atomic E-state index is 5.37. The predicted octanol–water partition coefficient (Wildman–Crippen LogP) is 2.14. The third-order valence-electron chi connectivity index (χ3n) is 2.12. The van der Waals surface area contributed by atoms with Gasteiger partial charge in [-0.2, -0.15) is 4.98 Å². The van der Waals surface area contributed by atoms with Crippen LogP contribution in [0.15, 0.2) is 22.9 Å². The first-order chi connectivity index (χ1) is 8.35. The molecule has 0 spiro atoms. The molecule has 6 heteroatoms. The Morgan fingerprint density at radius 3 is 2.71 bits per heavy atom. The van der Waals surface area contributed by atoms with Crippen LogP contribution in [-0.2, 0) is 9.47 Å². The van der Waals surface area contributed by atoms with Gasteiger partial charge in [0.05, 0.1) is 5.69 Å². The first kappa shape index (κ1) is 11.8. The number of H-pyrrole nitrogens is 1. The highest BCUT2D eigenvalue weighted by atomic mass is 16.7. The van der Waals surface area contributed by atoms with Crippen molar-refractivity contribution in [3.05, 3.63) is 24.2 Å². The second-order valence-electron chi connectivity index (χ2n) is 3.28. The van der Waals surface area contributed by atoms with Crippen LogP contribution in [0.3, 0.4) is 0 Å². The van der Waals surface area contributed by atoms with Crippen molar-refractivity contribution in [2.24, 2.45) is 0 Å². The highest BCUT2D eigenvalue weighted by molar-refractivity contribution is 5.47. The molecule has 6 nitrogen and oxygen atoms in total. The molecule has 1 N–H and O–H groups in total. The summed E-state index contributed by atoms with van der Waals surface area (Å²) in [6.07, 6.45) is 1.20. The van der Waals surface area contributed by atoms with Gasteiger partial charge < -0.3 is 19.0 Å². The summed E-state index contributed by atoms with van der Waals surface area (Å²) in [6.45, 7) is 4.80. The molecule has 17 heavy (non-hydrogen) atoms. The van der Waals surface area contributed by atoms with E-state index in [1.54, 1.807) is 6.20 Å². The maximum Gasteiger partial charge on any atom is 0.284 e. The second kappa shape index (κ2) is 5.60. The highest BCUT2D eigenvalue weighted by Gasteiger charge is 2.20. The van der Waals surface area contributed by atoms with Crippen LogP contribution in [0.25, 0.3) is 11.5 Å². The Morgan fingerprint density at radius 1 is 1.35 bits per heavy atom. The van der Waals surface area contributed by atoms with Gasteiger partial charge in [-0.05, 0) is 26.0 Å². The van der Waals surface area contributed by atoms with Gasteiger partial charge in [0.25, 0.3) is 5.89 Å². The van der Waals surface area contributed by atoms with Crippen LogP contribution in [0.1, 0.15) is 26.0 Å². The van der Waals surface area contributed by atoms with Crippen molar-refractivity contribution in [2.75, 3.05) is 13.2 Å². The number of rotatable bonds is 6. The zero-order chi connectivity index (χ0) is 12.1. The highest BCUT2D eigenvalue weighted by Crippen LogP contribution is 2.20. The molecule has 0 aliphatic heterocycles. The van der Waals surface area contributed by atoms with E-state index in [0.29, 0.717) is 24.9 Å². The van der Waals surface area contributed by atoms with Gasteiger partial charge in [-0.1, -0.05) is 5.16 Å². The molecule has 0 aliphatic carbocycles. The van der Waals surface area contributed by atoms with E-state index in [-0.39, 0.29) is 0 Å². The summed E-state index contributed by atoms with van der Waals surface area (Å²) in [5.74, 6) is 0.827. The zero-order valence-corrected chi connectivity index (χ0v) is 9.84. The topological polar surface area (TPSA) is 73.2 Å². The molecule has 2 heterocycles. The summed E-state index contributed by atoms with van der Waals surface area (Å²) in [4.78, 5) is 7.23. The van der Waals surface area contributed by atoms with Gasteiger partial charge in [0.1, 0.15) is 0 Å². The first-order valence-corrected chi connectivity index (χ1v) is 5.55. The minimum Gasteiger partial charge on any atom is -0.359 e. The normalized spacial score (nSPS) is 11.2. The van der Waals surface area contributed by atoms with Crippen LogP contribution in [0, 0.1) is 0 Å². The number of aromatic amines is 1. The number of nitrogens with zero attached hydrogens (tertiary/aromatic N) is 2. The Morgan fingerprint density at radius 2 is 2.12 bits per heavy atom. The van der Waals surface area contributed by atoms with Crippen molar-refractivity contribution in [1.82, 2.24) is 15.1 Å². The van der Waals surface area contributed by atoms with Gasteiger partial charge >= 0.3 is 0 Å². The minimum absolute atomic E-state index is 0.332. The van der Waals surface area contributed by atoms with E-state index in [1.807, 2.05) is 26.0 Å². The van der Waals surface area contributed by atoms with Crippen molar-refractivity contribution >= 4 is 0 Å². The molecule has 0 amide bonds. The van der Waals surface area contributed by atoms with Crippen molar-refractivity contribution < 1.29 is 14.0 Å². The molecule has 0 bridgehead atoms. The molecule has 0 aromatic carbocycles.